The fraction of sp³-hybridized carbons (Fsp3) is 0.267. The van der Waals surface area contributed by atoms with Crippen molar-refractivity contribution in [3.8, 4) is 0 Å². The number of nitrogens with one attached hydrogen (secondary N) is 1. The first-order valence-electron chi connectivity index (χ1n) is 7.06. The van der Waals surface area contributed by atoms with Crippen molar-refractivity contribution in [3.05, 3.63) is 45.8 Å². The highest BCUT2D eigenvalue weighted by Crippen LogP contribution is 2.29. The van der Waals surface area contributed by atoms with Crippen LogP contribution < -0.4 is 5.32 Å². The molecule has 2 rings (SSSR count). The predicted molar refractivity (Wildman–Crippen MR) is 98.5 cm³/mol. The number of sulfonamides is 1. The highest BCUT2D eigenvalue weighted by Gasteiger charge is 2.21. The highest BCUT2D eigenvalue weighted by atomic mass is 35.5. The molecule has 130 valence electrons. The SMILES string of the molecule is CN(CCCC(=O)Nc1cccc(Cl)c1Cl)S(=O)(=O)c1cccs1. The Morgan fingerprint density at radius 2 is 2.00 bits per heavy atom. The minimum Gasteiger partial charge on any atom is -0.325 e. The highest BCUT2D eigenvalue weighted by molar-refractivity contribution is 7.91. The first-order chi connectivity index (χ1) is 11.3. The van der Waals surface area contributed by atoms with Crippen LogP contribution in [0.1, 0.15) is 12.8 Å². The van der Waals surface area contributed by atoms with E-state index >= 15 is 0 Å². The van der Waals surface area contributed by atoms with E-state index in [9.17, 15) is 13.2 Å². The molecule has 1 heterocycles. The van der Waals surface area contributed by atoms with Gasteiger partial charge in [-0.1, -0.05) is 35.3 Å². The lowest BCUT2D eigenvalue weighted by atomic mass is 10.2. The van der Waals surface area contributed by atoms with Crippen LogP contribution in [0.3, 0.4) is 0 Å². The molecule has 0 saturated heterocycles. The molecule has 2 aromatic rings. The van der Waals surface area contributed by atoms with Crippen LogP contribution in [0.15, 0.2) is 39.9 Å². The number of rotatable bonds is 7. The second-order valence-electron chi connectivity index (χ2n) is 5.01. The fourth-order valence-electron chi connectivity index (χ4n) is 1.96. The van der Waals surface area contributed by atoms with E-state index in [4.69, 9.17) is 23.2 Å². The smallest absolute Gasteiger partial charge is 0.252 e. The van der Waals surface area contributed by atoms with Crippen molar-refractivity contribution in [2.45, 2.75) is 17.1 Å². The standard InChI is InChI=1S/C15H16Cl2N2O3S2/c1-19(24(21,22)14-8-4-10-23-14)9-3-7-13(20)18-12-6-2-5-11(16)15(12)17/h2,4-6,8,10H,3,7,9H2,1H3,(H,18,20). The Hall–Kier alpha value is -1.12. The number of thiophene rings is 1. The molecule has 1 amide bonds. The van der Waals surface area contributed by atoms with Gasteiger partial charge in [0.2, 0.25) is 5.91 Å². The molecule has 5 nitrogen and oxygen atoms in total. The summed E-state index contributed by atoms with van der Waals surface area (Å²) in [5, 5.41) is 5.02. The summed E-state index contributed by atoms with van der Waals surface area (Å²) in [5.41, 5.74) is 0.439. The van der Waals surface area contributed by atoms with Crippen LogP contribution >= 0.6 is 34.5 Å². The molecular weight excluding hydrogens is 391 g/mol. The van der Waals surface area contributed by atoms with Crippen molar-refractivity contribution < 1.29 is 13.2 Å². The van der Waals surface area contributed by atoms with Gasteiger partial charge in [0.05, 0.1) is 15.7 Å². The molecule has 24 heavy (non-hydrogen) atoms. The lowest BCUT2D eigenvalue weighted by Gasteiger charge is -2.15. The zero-order chi connectivity index (χ0) is 17.7. The van der Waals surface area contributed by atoms with Crippen molar-refractivity contribution in [1.82, 2.24) is 4.31 Å². The summed E-state index contributed by atoms with van der Waals surface area (Å²) in [6.07, 6.45) is 0.568. The largest absolute Gasteiger partial charge is 0.325 e. The van der Waals surface area contributed by atoms with Crippen LogP contribution in [0.25, 0.3) is 0 Å². The third kappa shape index (κ3) is 4.70. The first kappa shape index (κ1) is 19.2. The molecule has 0 aliphatic rings. The van der Waals surface area contributed by atoms with E-state index < -0.39 is 10.0 Å². The maximum atomic E-state index is 12.2. The fourth-order valence-corrected chi connectivity index (χ4v) is 4.72. The summed E-state index contributed by atoms with van der Waals surface area (Å²) >= 11 is 13.1. The number of anilines is 1. The minimum absolute atomic E-state index is 0.174. The van der Waals surface area contributed by atoms with Crippen LogP contribution in [0.5, 0.6) is 0 Å². The maximum Gasteiger partial charge on any atom is 0.252 e. The van der Waals surface area contributed by atoms with Gasteiger partial charge in [-0.25, -0.2) is 12.7 Å². The third-order valence-corrected chi connectivity index (χ3v) is 7.31. The van der Waals surface area contributed by atoms with Gasteiger partial charge in [-0.15, -0.1) is 11.3 Å². The number of carbonyl (C=O) groups excluding carboxylic acids is 1. The molecule has 1 aromatic heterocycles. The van der Waals surface area contributed by atoms with Gasteiger partial charge in [-0.05, 0) is 30.0 Å². The van der Waals surface area contributed by atoms with Crippen LogP contribution in [0, 0.1) is 0 Å². The number of halogens is 2. The summed E-state index contributed by atoms with van der Waals surface area (Å²) in [6.45, 7) is 0.247. The Morgan fingerprint density at radius 1 is 1.25 bits per heavy atom. The molecule has 0 fully saturated rings. The monoisotopic (exact) mass is 406 g/mol. The lowest BCUT2D eigenvalue weighted by Crippen LogP contribution is -2.28. The third-order valence-electron chi connectivity index (χ3n) is 3.26. The van der Waals surface area contributed by atoms with Crippen molar-refractivity contribution in [1.29, 1.82) is 0 Å². The van der Waals surface area contributed by atoms with E-state index in [1.807, 2.05) is 0 Å². The summed E-state index contributed by atoms with van der Waals surface area (Å²) in [7, 11) is -1.98. The van der Waals surface area contributed by atoms with Crippen molar-refractivity contribution >= 4 is 56.2 Å². The summed E-state index contributed by atoms with van der Waals surface area (Å²) in [6, 6.07) is 8.21. The quantitative estimate of drug-likeness (QED) is 0.752. The second kappa shape index (κ2) is 8.31. The van der Waals surface area contributed by atoms with Crippen molar-refractivity contribution in [3.63, 3.8) is 0 Å². The van der Waals surface area contributed by atoms with Gasteiger partial charge in [0, 0.05) is 20.0 Å². The Labute approximate surface area is 155 Å². The Morgan fingerprint density at radius 3 is 2.67 bits per heavy atom. The van der Waals surface area contributed by atoms with E-state index in [-0.39, 0.29) is 23.9 Å². The molecule has 1 N–H and O–H groups in total. The molecule has 0 saturated carbocycles. The summed E-state index contributed by atoms with van der Waals surface area (Å²) in [4.78, 5) is 12.0. The van der Waals surface area contributed by atoms with Crippen LogP contribution in [-0.4, -0.2) is 32.2 Å². The first-order valence-corrected chi connectivity index (χ1v) is 10.1. The molecule has 0 spiro atoms. The van der Waals surface area contributed by atoms with Crippen molar-refractivity contribution in [2.75, 3.05) is 18.9 Å². The zero-order valence-electron chi connectivity index (χ0n) is 12.8. The summed E-state index contributed by atoms with van der Waals surface area (Å²) in [5.74, 6) is -0.249. The van der Waals surface area contributed by atoms with Gasteiger partial charge in [-0.3, -0.25) is 4.79 Å². The van der Waals surface area contributed by atoms with Gasteiger partial charge in [0.1, 0.15) is 4.21 Å². The van der Waals surface area contributed by atoms with E-state index in [0.717, 1.165) is 0 Å². The van der Waals surface area contributed by atoms with Crippen LogP contribution in [0.4, 0.5) is 5.69 Å². The lowest BCUT2D eigenvalue weighted by molar-refractivity contribution is -0.116. The van der Waals surface area contributed by atoms with Gasteiger partial charge < -0.3 is 5.32 Å². The van der Waals surface area contributed by atoms with E-state index in [2.05, 4.69) is 5.32 Å². The Kier molecular flexibility index (Phi) is 6.65. The molecule has 0 aliphatic carbocycles. The zero-order valence-corrected chi connectivity index (χ0v) is 16.0. The normalized spacial score (nSPS) is 11.7. The number of benzene rings is 1. The predicted octanol–water partition coefficient (Wildman–Crippen LogP) is 4.09. The molecular formula is C15H16Cl2N2O3S2. The van der Waals surface area contributed by atoms with E-state index in [0.29, 0.717) is 21.3 Å². The van der Waals surface area contributed by atoms with E-state index in [1.54, 1.807) is 35.7 Å². The topological polar surface area (TPSA) is 66.5 Å². The molecule has 0 unspecified atom stereocenters. The van der Waals surface area contributed by atoms with Crippen molar-refractivity contribution in [2.24, 2.45) is 0 Å². The number of carbonyl (C=O) groups is 1. The molecule has 0 aliphatic heterocycles. The van der Waals surface area contributed by atoms with Crippen LogP contribution in [0.2, 0.25) is 10.0 Å². The molecule has 9 heteroatoms. The average Bonchev–Trinajstić information content (AvgIpc) is 3.07. The molecule has 0 bridgehead atoms. The summed E-state index contributed by atoms with van der Waals surface area (Å²) < 4.78 is 26.0. The Balaban J connectivity index is 1.85. The van der Waals surface area contributed by atoms with Gasteiger partial charge in [0.25, 0.3) is 10.0 Å². The van der Waals surface area contributed by atoms with Crippen LogP contribution in [-0.2, 0) is 14.8 Å². The second-order valence-corrected chi connectivity index (χ2v) is 9.02. The average molecular weight is 407 g/mol. The molecule has 0 radical (unpaired) electrons. The molecule has 0 atom stereocenters. The number of hydrogen-bond acceptors (Lipinski definition) is 4. The molecule has 1 aromatic carbocycles. The van der Waals surface area contributed by atoms with Gasteiger partial charge in [-0.2, -0.15) is 0 Å². The van der Waals surface area contributed by atoms with Gasteiger partial charge in [0.15, 0.2) is 0 Å². The maximum absolute atomic E-state index is 12.2. The number of amides is 1. The number of hydrogen-bond donors (Lipinski definition) is 1. The number of nitrogens with zero attached hydrogens (tertiary/aromatic N) is 1. The van der Waals surface area contributed by atoms with E-state index in [1.165, 1.54) is 22.7 Å². The Bertz CT molecular complexity index is 808. The minimum atomic E-state index is -3.48. The van der Waals surface area contributed by atoms with Gasteiger partial charge >= 0.3 is 0 Å².